The molecule has 2 rings (SSSR count). The number of nitrogens with zero attached hydrogens (tertiary/aromatic N) is 4. The number of pyridine rings is 1. The van der Waals surface area contributed by atoms with Crippen LogP contribution in [0.5, 0.6) is 0 Å². The van der Waals surface area contributed by atoms with Crippen molar-refractivity contribution in [2.45, 2.75) is 6.42 Å². The summed E-state index contributed by atoms with van der Waals surface area (Å²) >= 11 is 0. The number of nitro groups is 1. The van der Waals surface area contributed by atoms with Crippen LogP contribution in [0.4, 0.5) is 11.5 Å². The van der Waals surface area contributed by atoms with E-state index < -0.39 is 10.8 Å². The molecule has 110 valence electrons. The fourth-order valence-corrected chi connectivity index (χ4v) is 1.65. The van der Waals surface area contributed by atoms with Gasteiger partial charge < -0.3 is 10.6 Å². The first-order valence-corrected chi connectivity index (χ1v) is 6.06. The van der Waals surface area contributed by atoms with E-state index in [-0.39, 0.29) is 17.8 Å². The summed E-state index contributed by atoms with van der Waals surface area (Å²) in [5.74, 6) is 0.455. The van der Waals surface area contributed by atoms with Crippen molar-refractivity contribution in [1.82, 2.24) is 25.5 Å². The largest absolute Gasteiger partial charge is 0.373 e. The summed E-state index contributed by atoms with van der Waals surface area (Å²) in [6, 6.07) is 1.34. The fraction of sp³-hybridized carbons (Fsp3) is 0.273. The summed E-state index contributed by atoms with van der Waals surface area (Å²) in [5.41, 5.74) is -0.386. The molecule has 0 aliphatic carbocycles. The second kappa shape index (κ2) is 6.41. The lowest BCUT2D eigenvalue weighted by molar-refractivity contribution is -0.385. The highest BCUT2D eigenvalue weighted by molar-refractivity contribution is 5.98. The standard InChI is InChI=1S/C11H13N7O3/c1-12-10-4-7(8(5-14-10)18(20)21)11(19)13-3-2-9-15-6-16-17-9/h4-6H,2-3H2,1H3,(H,12,14)(H,13,19)(H,15,16,17). The van der Waals surface area contributed by atoms with Crippen LogP contribution in [0.1, 0.15) is 16.2 Å². The number of anilines is 1. The van der Waals surface area contributed by atoms with Crippen molar-refractivity contribution in [2.24, 2.45) is 0 Å². The van der Waals surface area contributed by atoms with Gasteiger partial charge in [0.2, 0.25) is 0 Å². The van der Waals surface area contributed by atoms with Crippen LogP contribution in [-0.2, 0) is 6.42 Å². The van der Waals surface area contributed by atoms with Crippen LogP contribution in [0, 0.1) is 10.1 Å². The quantitative estimate of drug-likeness (QED) is 0.507. The first-order chi connectivity index (χ1) is 10.1. The van der Waals surface area contributed by atoms with Gasteiger partial charge >= 0.3 is 0 Å². The minimum atomic E-state index is -0.641. The number of aromatic nitrogens is 4. The van der Waals surface area contributed by atoms with Gasteiger partial charge in [0.15, 0.2) is 0 Å². The first kappa shape index (κ1) is 14.4. The Hall–Kier alpha value is -3.04. The summed E-state index contributed by atoms with van der Waals surface area (Å²) in [6.45, 7) is 0.280. The van der Waals surface area contributed by atoms with Crippen LogP contribution in [-0.4, -0.2) is 44.6 Å². The van der Waals surface area contributed by atoms with Crippen molar-refractivity contribution in [1.29, 1.82) is 0 Å². The number of hydrogen-bond donors (Lipinski definition) is 3. The normalized spacial score (nSPS) is 10.1. The zero-order valence-electron chi connectivity index (χ0n) is 11.2. The number of carbonyl (C=O) groups excluding carboxylic acids is 1. The maximum Gasteiger partial charge on any atom is 0.300 e. The Bertz CT molecular complexity index is 641. The van der Waals surface area contributed by atoms with Crippen LogP contribution in [0.15, 0.2) is 18.6 Å². The molecule has 21 heavy (non-hydrogen) atoms. The molecule has 10 nitrogen and oxygen atoms in total. The van der Waals surface area contributed by atoms with Crippen molar-refractivity contribution in [3.8, 4) is 0 Å². The van der Waals surface area contributed by atoms with Gasteiger partial charge in [-0.15, -0.1) is 0 Å². The van der Waals surface area contributed by atoms with E-state index in [2.05, 4.69) is 30.8 Å². The lowest BCUT2D eigenvalue weighted by Gasteiger charge is -2.06. The molecule has 10 heteroatoms. The molecule has 0 aliphatic rings. The summed E-state index contributed by atoms with van der Waals surface area (Å²) in [4.78, 5) is 30.1. The summed E-state index contributed by atoms with van der Waals surface area (Å²) < 4.78 is 0. The van der Waals surface area contributed by atoms with Gasteiger partial charge in [-0.05, 0) is 0 Å². The average Bonchev–Trinajstić information content (AvgIpc) is 2.99. The number of rotatable bonds is 6. The molecule has 0 unspecified atom stereocenters. The van der Waals surface area contributed by atoms with Gasteiger partial charge in [-0.2, -0.15) is 5.10 Å². The Morgan fingerprint density at radius 3 is 2.90 bits per heavy atom. The van der Waals surface area contributed by atoms with Crippen LogP contribution in [0.25, 0.3) is 0 Å². The summed E-state index contributed by atoms with van der Waals surface area (Å²) in [5, 5.41) is 22.6. The minimum absolute atomic E-state index is 0.0445. The van der Waals surface area contributed by atoms with E-state index in [9.17, 15) is 14.9 Å². The molecule has 2 aromatic rings. The monoisotopic (exact) mass is 291 g/mol. The SMILES string of the molecule is CNc1cc(C(=O)NCCc2ncn[nH]2)c([N+](=O)[O-])cn1. The van der Waals surface area contributed by atoms with E-state index in [1.165, 1.54) is 12.4 Å². The molecule has 2 heterocycles. The molecular weight excluding hydrogens is 278 g/mol. The van der Waals surface area contributed by atoms with Crippen molar-refractivity contribution in [3.05, 3.63) is 40.1 Å². The molecule has 0 atom stereocenters. The van der Waals surface area contributed by atoms with E-state index in [1.54, 1.807) is 7.05 Å². The molecule has 0 aromatic carbocycles. The molecule has 0 radical (unpaired) electrons. The Morgan fingerprint density at radius 2 is 2.29 bits per heavy atom. The highest BCUT2D eigenvalue weighted by atomic mass is 16.6. The van der Waals surface area contributed by atoms with Gasteiger partial charge in [-0.3, -0.25) is 20.0 Å². The number of aromatic amines is 1. The van der Waals surface area contributed by atoms with Gasteiger partial charge in [0.1, 0.15) is 29.7 Å². The van der Waals surface area contributed by atoms with E-state index in [0.29, 0.717) is 18.1 Å². The van der Waals surface area contributed by atoms with Gasteiger partial charge in [0.25, 0.3) is 11.6 Å². The number of hydrogen-bond acceptors (Lipinski definition) is 7. The third-order valence-electron chi connectivity index (χ3n) is 2.69. The zero-order valence-corrected chi connectivity index (χ0v) is 11.2. The molecule has 1 amide bonds. The highest BCUT2D eigenvalue weighted by Gasteiger charge is 2.21. The van der Waals surface area contributed by atoms with Gasteiger partial charge in [-0.25, -0.2) is 9.97 Å². The smallest absolute Gasteiger partial charge is 0.300 e. The fourth-order valence-electron chi connectivity index (χ4n) is 1.65. The summed E-state index contributed by atoms with van der Waals surface area (Å²) in [6.07, 6.45) is 2.87. The molecular formula is C11H13N7O3. The van der Waals surface area contributed by atoms with E-state index in [0.717, 1.165) is 6.20 Å². The van der Waals surface area contributed by atoms with Crippen LogP contribution >= 0.6 is 0 Å². The second-order valence-corrected chi connectivity index (χ2v) is 4.03. The van der Waals surface area contributed by atoms with E-state index >= 15 is 0 Å². The van der Waals surface area contributed by atoms with Crippen LogP contribution in [0.2, 0.25) is 0 Å². The van der Waals surface area contributed by atoms with E-state index in [1.807, 2.05) is 0 Å². The van der Waals surface area contributed by atoms with Crippen molar-refractivity contribution >= 4 is 17.4 Å². The average molecular weight is 291 g/mol. The number of nitrogens with one attached hydrogen (secondary N) is 3. The molecule has 3 N–H and O–H groups in total. The Morgan fingerprint density at radius 1 is 1.48 bits per heavy atom. The summed E-state index contributed by atoms with van der Waals surface area (Å²) in [7, 11) is 1.61. The Kier molecular flexibility index (Phi) is 4.39. The van der Waals surface area contributed by atoms with Crippen molar-refractivity contribution in [3.63, 3.8) is 0 Å². The zero-order chi connectivity index (χ0) is 15.2. The van der Waals surface area contributed by atoms with Crippen molar-refractivity contribution < 1.29 is 9.72 Å². The lowest BCUT2D eigenvalue weighted by Crippen LogP contribution is -2.27. The molecule has 0 bridgehead atoms. The van der Waals surface area contributed by atoms with Crippen molar-refractivity contribution in [2.75, 3.05) is 18.9 Å². The minimum Gasteiger partial charge on any atom is -0.373 e. The number of H-pyrrole nitrogens is 1. The van der Waals surface area contributed by atoms with E-state index in [4.69, 9.17) is 0 Å². The number of amides is 1. The third kappa shape index (κ3) is 3.49. The lowest BCUT2D eigenvalue weighted by atomic mass is 10.2. The van der Waals surface area contributed by atoms with Gasteiger partial charge in [0.05, 0.1) is 4.92 Å². The predicted molar refractivity (Wildman–Crippen MR) is 72.9 cm³/mol. The highest BCUT2D eigenvalue weighted by Crippen LogP contribution is 2.19. The third-order valence-corrected chi connectivity index (χ3v) is 2.69. The molecule has 0 saturated carbocycles. The molecule has 0 saturated heterocycles. The second-order valence-electron chi connectivity index (χ2n) is 4.03. The van der Waals surface area contributed by atoms with Crippen LogP contribution in [0.3, 0.4) is 0 Å². The topological polar surface area (TPSA) is 139 Å². The maximum atomic E-state index is 12.0. The molecule has 2 aromatic heterocycles. The molecule has 0 spiro atoms. The van der Waals surface area contributed by atoms with Gasteiger partial charge in [0, 0.05) is 26.1 Å². The maximum absolute atomic E-state index is 12.0. The first-order valence-electron chi connectivity index (χ1n) is 6.06. The predicted octanol–water partition coefficient (Wildman–Crippen LogP) is 0.122. The molecule has 0 fully saturated rings. The van der Waals surface area contributed by atoms with Crippen LogP contribution < -0.4 is 10.6 Å². The Balaban J connectivity index is 2.08. The Labute approximate surface area is 119 Å². The van der Waals surface area contributed by atoms with Gasteiger partial charge in [-0.1, -0.05) is 0 Å². The molecule has 0 aliphatic heterocycles. The number of carbonyl (C=O) groups is 1.